The Morgan fingerprint density at radius 2 is 1.90 bits per heavy atom. The molecule has 106 valence electrons. The lowest BCUT2D eigenvalue weighted by Crippen LogP contribution is -2.12. The zero-order valence-corrected chi connectivity index (χ0v) is 11.3. The summed E-state index contributed by atoms with van der Waals surface area (Å²) in [6, 6.07) is 4.54. The second kappa shape index (κ2) is 5.76. The molecular weight excluding hydrogens is 315 g/mol. The Balaban J connectivity index is 2.18. The summed E-state index contributed by atoms with van der Waals surface area (Å²) < 4.78 is 37.3. The number of anilines is 1. The predicted octanol–water partition coefficient (Wildman–Crippen LogP) is 3.40. The molecule has 0 unspecified atom stereocenters. The van der Waals surface area contributed by atoms with Gasteiger partial charge in [-0.25, -0.2) is 0 Å². The second-order valence-corrected chi connectivity index (χ2v) is 4.91. The third-order valence-corrected chi connectivity index (χ3v) is 3.38. The smallest absolute Gasteiger partial charge is 0.299 e. The number of aromatic nitrogens is 2. The van der Waals surface area contributed by atoms with Crippen molar-refractivity contribution in [3.63, 3.8) is 0 Å². The SMILES string of the molecule is O=C(CCl)Nc1nnc(-c2ccc(C(F)(F)F)cc2)s1. The van der Waals surface area contributed by atoms with E-state index in [-0.39, 0.29) is 11.0 Å². The van der Waals surface area contributed by atoms with E-state index in [0.29, 0.717) is 10.6 Å². The van der Waals surface area contributed by atoms with Crippen molar-refractivity contribution in [3.8, 4) is 10.6 Å². The van der Waals surface area contributed by atoms with E-state index in [9.17, 15) is 18.0 Å². The number of benzene rings is 1. The lowest BCUT2D eigenvalue weighted by Gasteiger charge is -2.06. The van der Waals surface area contributed by atoms with Gasteiger partial charge in [-0.15, -0.1) is 21.8 Å². The van der Waals surface area contributed by atoms with Gasteiger partial charge in [0.05, 0.1) is 5.56 Å². The molecule has 1 amide bonds. The van der Waals surface area contributed by atoms with E-state index in [4.69, 9.17) is 11.6 Å². The van der Waals surface area contributed by atoms with Crippen LogP contribution in [0.4, 0.5) is 18.3 Å². The minimum absolute atomic E-state index is 0.213. The van der Waals surface area contributed by atoms with Crippen molar-refractivity contribution in [1.82, 2.24) is 10.2 Å². The monoisotopic (exact) mass is 321 g/mol. The summed E-state index contributed by atoms with van der Waals surface area (Å²) in [4.78, 5) is 11.1. The van der Waals surface area contributed by atoms with Crippen LogP contribution in [0.2, 0.25) is 0 Å². The Hall–Kier alpha value is -1.67. The van der Waals surface area contributed by atoms with Crippen LogP contribution < -0.4 is 5.32 Å². The van der Waals surface area contributed by atoms with Crippen LogP contribution in [0.5, 0.6) is 0 Å². The van der Waals surface area contributed by atoms with Gasteiger partial charge in [-0.3, -0.25) is 10.1 Å². The molecule has 0 aliphatic rings. The summed E-state index contributed by atoms with van der Waals surface area (Å²) in [7, 11) is 0. The molecule has 0 saturated carbocycles. The molecule has 0 spiro atoms. The maximum atomic E-state index is 12.4. The molecule has 0 aliphatic heterocycles. The third-order valence-electron chi connectivity index (χ3n) is 2.25. The molecular formula is C11H7ClF3N3OS. The van der Waals surface area contributed by atoms with Crippen LogP contribution in [0.3, 0.4) is 0 Å². The number of carbonyl (C=O) groups excluding carboxylic acids is 1. The number of nitrogens with zero attached hydrogens (tertiary/aromatic N) is 2. The van der Waals surface area contributed by atoms with Crippen LogP contribution in [-0.4, -0.2) is 22.0 Å². The van der Waals surface area contributed by atoms with Crippen LogP contribution in [0.1, 0.15) is 5.56 Å². The van der Waals surface area contributed by atoms with Gasteiger partial charge in [-0.2, -0.15) is 13.2 Å². The lowest BCUT2D eigenvalue weighted by molar-refractivity contribution is -0.137. The lowest BCUT2D eigenvalue weighted by atomic mass is 10.1. The highest BCUT2D eigenvalue weighted by atomic mass is 35.5. The number of alkyl halides is 4. The number of nitrogens with one attached hydrogen (secondary N) is 1. The Morgan fingerprint density at radius 3 is 2.45 bits per heavy atom. The van der Waals surface area contributed by atoms with E-state index in [1.807, 2.05) is 0 Å². The summed E-state index contributed by atoms with van der Waals surface area (Å²) in [5, 5.41) is 10.6. The van der Waals surface area contributed by atoms with Gasteiger partial charge in [0.15, 0.2) is 0 Å². The molecule has 0 saturated heterocycles. The van der Waals surface area contributed by atoms with Gasteiger partial charge < -0.3 is 0 Å². The van der Waals surface area contributed by atoms with Gasteiger partial charge in [0.2, 0.25) is 11.0 Å². The Kier molecular flexibility index (Phi) is 4.24. The van der Waals surface area contributed by atoms with Gasteiger partial charge in [0.1, 0.15) is 10.9 Å². The third kappa shape index (κ3) is 3.45. The molecule has 1 N–H and O–H groups in total. The molecule has 20 heavy (non-hydrogen) atoms. The molecule has 1 aromatic carbocycles. The number of rotatable bonds is 3. The van der Waals surface area contributed by atoms with Gasteiger partial charge in [-0.1, -0.05) is 23.5 Å². The van der Waals surface area contributed by atoms with Crippen LogP contribution in [0, 0.1) is 0 Å². The van der Waals surface area contributed by atoms with Crippen LogP contribution in [0.25, 0.3) is 10.6 Å². The quantitative estimate of drug-likeness (QED) is 0.881. The maximum Gasteiger partial charge on any atom is 0.416 e. The number of hydrogen-bond donors (Lipinski definition) is 1. The van der Waals surface area contributed by atoms with E-state index in [1.54, 1.807) is 0 Å². The van der Waals surface area contributed by atoms with Crippen molar-refractivity contribution in [2.24, 2.45) is 0 Å². The second-order valence-electron chi connectivity index (χ2n) is 3.67. The average Bonchev–Trinajstić information content (AvgIpc) is 2.86. The maximum absolute atomic E-state index is 12.4. The summed E-state index contributed by atoms with van der Waals surface area (Å²) >= 11 is 6.37. The van der Waals surface area contributed by atoms with E-state index in [2.05, 4.69) is 15.5 Å². The summed E-state index contributed by atoms with van der Waals surface area (Å²) in [5.41, 5.74) is -0.247. The standard InChI is InChI=1S/C11H7ClF3N3OS/c12-5-8(19)16-10-18-17-9(20-10)6-1-3-7(4-2-6)11(13,14)15/h1-4H,5H2,(H,16,18,19). The molecule has 1 heterocycles. The minimum atomic E-state index is -4.38. The van der Waals surface area contributed by atoms with E-state index < -0.39 is 17.6 Å². The van der Waals surface area contributed by atoms with Gasteiger partial charge in [0.25, 0.3) is 0 Å². The number of halogens is 4. The first-order chi connectivity index (χ1) is 9.40. The van der Waals surface area contributed by atoms with Crippen LogP contribution >= 0.6 is 22.9 Å². The van der Waals surface area contributed by atoms with Crippen molar-refractivity contribution in [1.29, 1.82) is 0 Å². The first-order valence-corrected chi connectivity index (χ1v) is 6.62. The molecule has 0 radical (unpaired) electrons. The van der Waals surface area contributed by atoms with Crippen molar-refractivity contribution < 1.29 is 18.0 Å². The van der Waals surface area contributed by atoms with Gasteiger partial charge in [0, 0.05) is 5.56 Å². The molecule has 0 bridgehead atoms. The summed E-state index contributed by atoms with van der Waals surface area (Å²) in [6.45, 7) is 0. The first-order valence-electron chi connectivity index (χ1n) is 5.27. The van der Waals surface area contributed by atoms with Crippen molar-refractivity contribution >= 4 is 34.0 Å². The zero-order valence-electron chi connectivity index (χ0n) is 9.74. The Labute approximate surface area is 120 Å². The Bertz CT molecular complexity index is 612. The largest absolute Gasteiger partial charge is 0.416 e. The topological polar surface area (TPSA) is 54.9 Å². The molecule has 1 aromatic heterocycles. The fourth-order valence-electron chi connectivity index (χ4n) is 1.34. The minimum Gasteiger partial charge on any atom is -0.299 e. The molecule has 2 aromatic rings. The van der Waals surface area contributed by atoms with Crippen LogP contribution in [0.15, 0.2) is 24.3 Å². The highest BCUT2D eigenvalue weighted by Gasteiger charge is 2.30. The highest BCUT2D eigenvalue weighted by molar-refractivity contribution is 7.18. The van der Waals surface area contributed by atoms with E-state index in [1.165, 1.54) is 12.1 Å². The van der Waals surface area contributed by atoms with E-state index in [0.717, 1.165) is 23.5 Å². The average molecular weight is 322 g/mol. The molecule has 9 heteroatoms. The number of amides is 1. The Morgan fingerprint density at radius 1 is 1.25 bits per heavy atom. The molecule has 2 rings (SSSR count). The molecule has 0 aliphatic carbocycles. The zero-order chi connectivity index (χ0) is 14.8. The van der Waals surface area contributed by atoms with Gasteiger partial charge >= 0.3 is 6.18 Å². The van der Waals surface area contributed by atoms with Crippen molar-refractivity contribution in [2.75, 3.05) is 11.2 Å². The van der Waals surface area contributed by atoms with Crippen molar-refractivity contribution in [2.45, 2.75) is 6.18 Å². The summed E-state index contributed by atoms with van der Waals surface area (Å²) in [6.07, 6.45) is -4.38. The van der Waals surface area contributed by atoms with Crippen LogP contribution in [-0.2, 0) is 11.0 Å². The van der Waals surface area contributed by atoms with E-state index >= 15 is 0 Å². The highest BCUT2D eigenvalue weighted by Crippen LogP contribution is 2.32. The first kappa shape index (κ1) is 14.7. The molecule has 4 nitrogen and oxygen atoms in total. The fourth-order valence-corrected chi connectivity index (χ4v) is 2.18. The van der Waals surface area contributed by atoms with Gasteiger partial charge in [-0.05, 0) is 12.1 Å². The molecule has 0 fully saturated rings. The normalized spacial score (nSPS) is 11.4. The molecule has 0 atom stereocenters. The number of carbonyl (C=O) groups is 1. The van der Waals surface area contributed by atoms with Crippen molar-refractivity contribution in [3.05, 3.63) is 29.8 Å². The number of hydrogen-bond acceptors (Lipinski definition) is 4. The predicted molar refractivity (Wildman–Crippen MR) is 69.7 cm³/mol. The summed E-state index contributed by atoms with van der Waals surface area (Å²) in [5.74, 6) is -0.642. The fraction of sp³-hybridized carbons (Fsp3) is 0.182.